The van der Waals surface area contributed by atoms with Crippen molar-refractivity contribution in [2.75, 3.05) is 0 Å². The first-order chi connectivity index (χ1) is 5.27. The number of amides is 2. The van der Waals surface area contributed by atoms with Gasteiger partial charge in [-0.2, -0.15) is 10.3 Å². The number of amidine groups is 1. The van der Waals surface area contributed by atoms with Gasteiger partial charge in [-0.25, -0.2) is 9.78 Å². The lowest BCUT2D eigenvalue weighted by atomic mass is 10.4. The molecular formula is C5H4N5O. The molecule has 1 aliphatic rings. The number of urea groups is 1. The van der Waals surface area contributed by atoms with Crippen LogP contribution in [0.25, 0.3) is 0 Å². The number of fused-ring (bicyclic) bond motifs is 1. The zero-order valence-electron chi connectivity index (χ0n) is 5.40. The molecule has 0 unspecified atom stereocenters. The first-order valence-corrected chi connectivity index (χ1v) is 2.91. The first kappa shape index (κ1) is 5.90. The third-order valence-electron chi connectivity index (χ3n) is 1.29. The molecule has 0 saturated heterocycles. The molecular weight excluding hydrogens is 146 g/mol. The van der Waals surface area contributed by atoms with Crippen molar-refractivity contribution >= 4 is 17.7 Å². The summed E-state index contributed by atoms with van der Waals surface area (Å²) in [6.07, 6.45) is 1.41. The second kappa shape index (κ2) is 1.82. The van der Waals surface area contributed by atoms with Gasteiger partial charge in [0.2, 0.25) is 0 Å². The number of nitrogens with two attached hydrogens (primary N) is 1. The van der Waals surface area contributed by atoms with Crippen LogP contribution in [-0.4, -0.2) is 21.8 Å². The number of rotatable bonds is 0. The smallest absolute Gasteiger partial charge is 0.371 e. The average Bonchev–Trinajstić information content (AvgIpc) is 2.34. The molecule has 2 rings (SSSR count). The van der Waals surface area contributed by atoms with Crippen molar-refractivity contribution < 1.29 is 4.79 Å². The Labute approximate surface area is 61.5 Å². The van der Waals surface area contributed by atoms with Gasteiger partial charge in [0.15, 0.2) is 11.7 Å². The SMILES string of the molecule is NC1=NC(=O)[N]c2nc[nH]c21. The molecule has 0 aromatic carbocycles. The van der Waals surface area contributed by atoms with Gasteiger partial charge < -0.3 is 10.7 Å². The highest BCUT2D eigenvalue weighted by Crippen LogP contribution is 2.13. The van der Waals surface area contributed by atoms with Crippen LogP contribution >= 0.6 is 0 Å². The molecule has 0 saturated carbocycles. The predicted molar refractivity (Wildman–Crippen MR) is 36.5 cm³/mol. The predicted octanol–water partition coefficient (Wildman–Crippen LogP) is -0.516. The van der Waals surface area contributed by atoms with Crippen LogP contribution in [0.3, 0.4) is 0 Å². The van der Waals surface area contributed by atoms with Crippen LogP contribution in [0.1, 0.15) is 5.69 Å². The summed E-state index contributed by atoms with van der Waals surface area (Å²) in [6.45, 7) is 0. The molecule has 0 aliphatic carbocycles. The minimum absolute atomic E-state index is 0.137. The molecule has 0 fully saturated rings. The molecule has 6 heteroatoms. The van der Waals surface area contributed by atoms with E-state index >= 15 is 0 Å². The maximum Gasteiger partial charge on any atom is 0.371 e. The third kappa shape index (κ3) is 0.759. The van der Waals surface area contributed by atoms with E-state index in [2.05, 4.69) is 20.3 Å². The van der Waals surface area contributed by atoms with Gasteiger partial charge in [-0.05, 0) is 0 Å². The Balaban J connectivity index is 2.58. The zero-order valence-corrected chi connectivity index (χ0v) is 5.40. The van der Waals surface area contributed by atoms with Crippen molar-refractivity contribution in [3.63, 3.8) is 0 Å². The van der Waals surface area contributed by atoms with Crippen LogP contribution in [0.2, 0.25) is 0 Å². The number of nitrogens with zero attached hydrogens (tertiary/aromatic N) is 3. The van der Waals surface area contributed by atoms with E-state index in [1.807, 2.05) is 0 Å². The summed E-state index contributed by atoms with van der Waals surface area (Å²) >= 11 is 0. The highest BCUT2D eigenvalue weighted by Gasteiger charge is 2.19. The largest absolute Gasteiger partial charge is 0.382 e. The maximum atomic E-state index is 10.6. The van der Waals surface area contributed by atoms with Gasteiger partial charge in [0.25, 0.3) is 0 Å². The lowest BCUT2D eigenvalue weighted by Crippen LogP contribution is -2.24. The monoisotopic (exact) mass is 150 g/mol. The zero-order chi connectivity index (χ0) is 7.84. The topological polar surface area (TPSA) is 98.2 Å². The molecule has 0 bridgehead atoms. The van der Waals surface area contributed by atoms with E-state index in [1.54, 1.807) is 0 Å². The number of nitrogens with one attached hydrogen (secondary N) is 1. The highest BCUT2D eigenvalue weighted by molar-refractivity contribution is 6.09. The number of aromatic nitrogens is 2. The van der Waals surface area contributed by atoms with Gasteiger partial charge >= 0.3 is 6.03 Å². The highest BCUT2D eigenvalue weighted by atomic mass is 16.2. The van der Waals surface area contributed by atoms with Crippen LogP contribution in [-0.2, 0) is 0 Å². The van der Waals surface area contributed by atoms with E-state index in [0.717, 1.165) is 0 Å². The Morgan fingerprint density at radius 3 is 3.18 bits per heavy atom. The van der Waals surface area contributed by atoms with Crippen molar-refractivity contribution in [1.82, 2.24) is 15.3 Å². The van der Waals surface area contributed by atoms with E-state index in [9.17, 15) is 4.79 Å². The molecule has 1 aromatic rings. The molecule has 2 amide bonds. The quantitative estimate of drug-likeness (QED) is 0.520. The van der Waals surface area contributed by atoms with Crippen molar-refractivity contribution in [3.8, 4) is 0 Å². The Hall–Kier alpha value is -1.85. The fourth-order valence-corrected chi connectivity index (χ4v) is 0.835. The van der Waals surface area contributed by atoms with Crippen LogP contribution in [0.5, 0.6) is 0 Å². The first-order valence-electron chi connectivity index (χ1n) is 2.91. The Bertz CT molecular complexity index is 338. The van der Waals surface area contributed by atoms with Gasteiger partial charge in [-0.15, -0.1) is 0 Å². The number of carbonyl (C=O) groups is 1. The standard InChI is InChI=1S/C5H4N5O/c6-3-2-4(8-1-7-2)10-5(11)9-3/h1H,(H,7,8)(H2,6,9,11). The minimum atomic E-state index is -0.609. The number of hydrogen-bond donors (Lipinski definition) is 2. The number of hydrogen-bond acceptors (Lipinski definition) is 3. The van der Waals surface area contributed by atoms with Gasteiger partial charge in [0.1, 0.15) is 5.69 Å². The Morgan fingerprint density at radius 2 is 2.36 bits per heavy atom. The third-order valence-corrected chi connectivity index (χ3v) is 1.29. The van der Waals surface area contributed by atoms with Crippen molar-refractivity contribution in [2.24, 2.45) is 10.7 Å². The number of H-pyrrole nitrogens is 1. The molecule has 11 heavy (non-hydrogen) atoms. The molecule has 1 aromatic heterocycles. The molecule has 0 spiro atoms. The summed E-state index contributed by atoms with van der Waals surface area (Å²) in [7, 11) is 0. The van der Waals surface area contributed by atoms with E-state index < -0.39 is 6.03 Å². The average molecular weight is 150 g/mol. The van der Waals surface area contributed by atoms with Crippen molar-refractivity contribution in [3.05, 3.63) is 12.0 Å². The Morgan fingerprint density at radius 1 is 1.55 bits per heavy atom. The summed E-state index contributed by atoms with van der Waals surface area (Å²) in [4.78, 5) is 20.5. The van der Waals surface area contributed by atoms with Gasteiger partial charge in [0.05, 0.1) is 6.33 Å². The van der Waals surface area contributed by atoms with E-state index in [0.29, 0.717) is 11.5 Å². The Kier molecular flexibility index (Phi) is 0.974. The van der Waals surface area contributed by atoms with Crippen molar-refractivity contribution in [2.45, 2.75) is 0 Å². The summed E-state index contributed by atoms with van der Waals surface area (Å²) in [6, 6.07) is -0.609. The molecule has 2 heterocycles. The molecule has 3 N–H and O–H groups in total. The fraction of sp³-hybridized carbons (Fsp3) is 0. The molecule has 1 radical (unpaired) electrons. The summed E-state index contributed by atoms with van der Waals surface area (Å²) in [5.74, 6) is 0.444. The second-order valence-corrected chi connectivity index (χ2v) is 1.99. The molecule has 0 atom stereocenters. The van der Waals surface area contributed by atoms with Gasteiger partial charge in [-0.1, -0.05) is 0 Å². The molecule has 55 valence electrons. The summed E-state index contributed by atoms with van der Waals surface area (Å²) in [5.41, 5.74) is 5.88. The molecule has 1 aliphatic heterocycles. The van der Waals surface area contributed by atoms with Crippen LogP contribution in [0.4, 0.5) is 10.6 Å². The maximum absolute atomic E-state index is 10.6. The number of imidazole rings is 1. The minimum Gasteiger partial charge on any atom is -0.382 e. The summed E-state index contributed by atoms with van der Waals surface area (Å²) in [5, 5.41) is 3.51. The van der Waals surface area contributed by atoms with Crippen LogP contribution < -0.4 is 11.1 Å². The van der Waals surface area contributed by atoms with Crippen LogP contribution in [0.15, 0.2) is 11.3 Å². The lowest BCUT2D eigenvalue weighted by Gasteiger charge is -2.04. The van der Waals surface area contributed by atoms with E-state index in [-0.39, 0.29) is 5.84 Å². The van der Waals surface area contributed by atoms with Gasteiger partial charge in [0, 0.05) is 0 Å². The normalized spacial score (nSPS) is 15.3. The van der Waals surface area contributed by atoms with E-state index in [1.165, 1.54) is 6.33 Å². The fourth-order valence-electron chi connectivity index (χ4n) is 0.835. The summed E-state index contributed by atoms with van der Waals surface area (Å²) < 4.78 is 0. The number of aromatic amines is 1. The number of carbonyl (C=O) groups excluding carboxylic acids is 1. The number of aliphatic imine (C=N–C) groups is 1. The van der Waals surface area contributed by atoms with Gasteiger partial charge in [-0.3, -0.25) is 0 Å². The van der Waals surface area contributed by atoms with E-state index in [4.69, 9.17) is 5.73 Å². The van der Waals surface area contributed by atoms with Crippen molar-refractivity contribution in [1.29, 1.82) is 0 Å². The van der Waals surface area contributed by atoms with Crippen LogP contribution in [0, 0.1) is 0 Å². The lowest BCUT2D eigenvalue weighted by molar-refractivity contribution is 0.251. The second-order valence-electron chi connectivity index (χ2n) is 1.99. The molecule has 6 nitrogen and oxygen atoms in total.